The largest absolute Gasteiger partial charge is 0.491 e. The lowest BCUT2D eigenvalue weighted by molar-refractivity contribution is 0.0697. The minimum Gasteiger partial charge on any atom is -0.491 e. The summed E-state index contributed by atoms with van der Waals surface area (Å²) >= 11 is 0. The van der Waals surface area contributed by atoms with Crippen LogP contribution in [-0.2, 0) is 0 Å². The average molecular weight is 463 g/mol. The van der Waals surface area contributed by atoms with E-state index in [1.54, 1.807) is 30.3 Å². The number of nitrogens with one attached hydrogen (secondary N) is 3. The molecule has 0 fully saturated rings. The molecule has 34 heavy (non-hydrogen) atoms. The smallest absolute Gasteiger partial charge is 0.335 e. The highest BCUT2D eigenvalue weighted by atomic mass is 16.5. The molecule has 0 radical (unpaired) electrons. The average Bonchev–Trinajstić information content (AvgIpc) is 3.36. The lowest BCUT2D eigenvalue weighted by atomic mass is 10.2. The second-order valence-electron chi connectivity index (χ2n) is 7.57. The molecule has 0 aliphatic heterocycles. The molecule has 0 saturated carbocycles. The van der Waals surface area contributed by atoms with Crippen molar-refractivity contribution in [2.75, 3.05) is 31.6 Å². The first-order chi connectivity index (χ1) is 16.6. The molecule has 4 rings (SSSR count). The minimum atomic E-state index is -0.879. The molecule has 1 unspecified atom stereocenters. The summed E-state index contributed by atoms with van der Waals surface area (Å²) in [5, 5.41) is 33.1. The number of carboxylic acids is 1. The second-order valence-corrected chi connectivity index (χ2v) is 7.57. The van der Waals surface area contributed by atoms with Gasteiger partial charge in [0.15, 0.2) is 0 Å². The van der Waals surface area contributed by atoms with Gasteiger partial charge in [0.05, 0.1) is 17.3 Å². The van der Waals surface area contributed by atoms with Gasteiger partial charge >= 0.3 is 5.97 Å². The molecule has 8 nitrogen and oxygen atoms in total. The number of carboxylic acid groups (broad SMARTS) is 1. The number of carbonyl (C=O) groups is 1. The molecule has 1 aromatic heterocycles. The monoisotopic (exact) mass is 462 g/mol. The van der Waals surface area contributed by atoms with Crippen molar-refractivity contribution in [2.24, 2.45) is 0 Å². The van der Waals surface area contributed by atoms with E-state index in [9.17, 15) is 9.90 Å². The van der Waals surface area contributed by atoms with Crippen LogP contribution in [0.5, 0.6) is 5.75 Å². The summed E-state index contributed by atoms with van der Waals surface area (Å²) in [5.74, 6) is -0.102. The molecule has 4 aromatic rings. The van der Waals surface area contributed by atoms with Gasteiger partial charge in [-0.3, -0.25) is 5.10 Å². The molecule has 0 bridgehead atoms. The van der Waals surface area contributed by atoms with Crippen molar-refractivity contribution in [2.45, 2.75) is 12.5 Å². The number of aliphatic hydroxyl groups is 1. The van der Waals surface area contributed by atoms with Crippen LogP contribution in [0, 0.1) is 0 Å². The Balaban J connectivity index is 0.000000302. The maximum Gasteiger partial charge on any atom is 0.335 e. The molecule has 178 valence electrons. The number of nitrogens with zero attached hydrogens (tertiary/aromatic N) is 1. The standard InChI is InChI=1S/C19H24N4O2.C7H6O2/c24-15(14-25-16-6-2-1-3-7-16)12-20-10-5-11-21-18-8-4-9-19-17(18)13-22-23-19;8-7(9)6-4-2-1-3-5-6/h1-4,6-9,13,15,20-21,24H,5,10-12,14H2,(H,22,23);1-5H,(H,8,9). The van der Waals surface area contributed by atoms with Crippen molar-refractivity contribution < 1.29 is 19.7 Å². The van der Waals surface area contributed by atoms with Gasteiger partial charge in [-0.15, -0.1) is 0 Å². The molecule has 1 atom stereocenters. The summed E-state index contributed by atoms with van der Waals surface area (Å²) in [6.45, 7) is 2.49. The first-order valence-electron chi connectivity index (χ1n) is 11.1. The fraction of sp³-hybridized carbons (Fsp3) is 0.231. The summed E-state index contributed by atoms with van der Waals surface area (Å²) in [6, 6.07) is 23.9. The number of fused-ring (bicyclic) bond motifs is 1. The Morgan fingerprint density at radius 3 is 2.41 bits per heavy atom. The Morgan fingerprint density at radius 2 is 1.71 bits per heavy atom. The summed E-state index contributed by atoms with van der Waals surface area (Å²) in [4.78, 5) is 10.2. The number of aromatic nitrogens is 2. The van der Waals surface area contributed by atoms with Crippen molar-refractivity contribution in [1.29, 1.82) is 0 Å². The first-order valence-corrected chi connectivity index (χ1v) is 11.1. The number of aromatic amines is 1. The minimum absolute atomic E-state index is 0.289. The van der Waals surface area contributed by atoms with Gasteiger partial charge in [-0.25, -0.2) is 4.79 Å². The van der Waals surface area contributed by atoms with Crippen LogP contribution in [0.15, 0.2) is 85.1 Å². The van der Waals surface area contributed by atoms with Gasteiger partial charge in [-0.1, -0.05) is 42.5 Å². The van der Waals surface area contributed by atoms with Crippen LogP contribution in [0.3, 0.4) is 0 Å². The van der Waals surface area contributed by atoms with Crippen molar-refractivity contribution in [3.63, 3.8) is 0 Å². The van der Waals surface area contributed by atoms with Gasteiger partial charge in [0.2, 0.25) is 0 Å². The van der Waals surface area contributed by atoms with E-state index in [0.29, 0.717) is 12.1 Å². The van der Waals surface area contributed by atoms with Crippen LogP contribution in [-0.4, -0.2) is 58.7 Å². The van der Waals surface area contributed by atoms with E-state index in [-0.39, 0.29) is 6.61 Å². The van der Waals surface area contributed by atoms with E-state index in [2.05, 4.69) is 26.9 Å². The number of aromatic carboxylic acids is 1. The molecule has 0 saturated heterocycles. The summed E-state index contributed by atoms with van der Waals surface area (Å²) in [5.41, 5.74) is 2.45. The van der Waals surface area contributed by atoms with Gasteiger partial charge in [0.1, 0.15) is 18.5 Å². The number of H-pyrrole nitrogens is 1. The topological polar surface area (TPSA) is 120 Å². The van der Waals surface area contributed by atoms with Crippen LogP contribution in [0.25, 0.3) is 10.9 Å². The Bertz CT molecular complexity index is 1120. The normalized spacial score (nSPS) is 11.3. The third-order valence-corrected chi connectivity index (χ3v) is 4.92. The number of ether oxygens (including phenoxy) is 1. The molecular weight excluding hydrogens is 432 g/mol. The van der Waals surface area contributed by atoms with Gasteiger partial charge in [0, 0.05) is 24.2 Å². The first kappa shape index (κ1) is 24.8. The van der Waals surface area contributed by atoms with E-state index in [4.69, 9.17) is 9.84 Å². The number of benzene rings is 3. The van der Waals surface area contributed by atoms with Crippen LogP contribution in [0.1, 0.15) is 16.8 Å². The number of rotatable bonds is 11. The number of para-hydroxylation sites is 1. The predicted octanol–water partition coefficient (Wildman–Crippen LogP) is 3.78. The van der Waals surface area contributed by atoms with Crippen molar-refractivity contribution in [3.8, 4) is 5.75 Å². The molecule has 0 aliphatic rings. The fourth-order valence-electron chi connectivity index (χ4n) is 3.18. The van der Waals surface area contributed by atoms with Gasteiger partial charge < -0.3 is 25.6 Å². The Hall–Kier alpha value is -3.88. The zero-order valence-electron chi connectivity index (χ0n) is 18.9. The summed E-state index contributed by atoms with van der Waals surface area (Å²) < 4.78 is 5.53. The quantitative estimate of drug-likeness (QED) is 0.215. The van der Waals surface area contributed by atoms with Crippen LogP contribution in [0.2, 0.25) is 0 Å². The molecule has 8 heteroatoms. The van der Waals surface area contributed by atoms with Crippen molar-refractivity contribution in [1.82, 2.24) is 15.5 Å². The highest BCUT2D eigenvalue weighted by molar-refractivity contribution is 5.90. The zero-order valence-corrected chi connectivity index (χ0v) is 18.9. The van der Waals surface area contributed by atoms with Gasteiger partial charge in [-0.2, -0.15) is 5.10 Å². The molecular formula is C26H30N4O4. The number of hydrogen-bond donors (Lipinski definition) is 5. The predicted molar refractivity (Wildman–Crippen MR) is 133 cm³/mol. The van der Waals surface area contributed by atoms with E-state index in [0.717, 1.165) is 41.9 Å². The third-order valence-electron chi connectivity index (χ3n) is 4.92. The van der Waals surface area contributed by atoms with Gasteiger partial charge in [-0.05, 0) is 49.4 Å². The maximum atomic E-state index is 10.2. The summed E-state index contributed by atoms with van der Waals surface area (Å²) in [6.07, 6.45) is 2.27. The number of hydrogen-bond acceptors (Lipinski definition) is 6. The maximum absolute atomic E-state index is 10.2. The number of anilines is 1. The third kappa shape index (κ3) is 8.23. The molecule has 0 spiro atoms. The van der Waals surface area contributed by atoms with Crippen LogP contribution < -0.4 is 15.4 Å². The highest BCUT2D eigenvalue weighted by Gasteiger charge is 2.05. The SMILES string of the molecule is O=C(O)c1ccccc1.OC(CNCCCNc1cccc2[nH]ncc12)COc1ccccc1. The lowest BCUT2D eigenvalue weighted by Crippen LogP contribution is -2.32. The molecule has 0 amide bonds. The second kappa shape index (κ2) is 13.6. The van der Waals surface area contributed by atoms with E-state index < -0.39 is 12.1 Å². The van der Waals surface area contributed by atoms with E-state index >= 15 is 0 Å². The Labute approximate surface area is 198 Å². The fourth-order valence-corrected chi connectivity index (χ4v) is 3.18. The van der Waals surface area contributed by atoms with E-state index in [1.807, 2.05) is 48.7 Å². The molecule has 1 heterocycles. The van der Waals surface area contributed by atoms with Crippen molar-refractivity contribution >= 4 is 22.6 Å². The Kier molecular flexibility index (Phi) is 9.92. The van der Waals surface area contributed by atoms with Crippen molar-refractivity contribution in [3.05, 3.63) is 90.6 Å². The number of aliphatic hydroxyl groups excluding tert-OH is 1. The molecule has 0 aliphatic carbocycles. The van der Waals surface area contributed by atoms with E-state index in [1.165, 1.54) is 0 Å². The zero-order chi connectivity index (χ0) is 24.0. The highest BCUT2D eigenvalue weighted by Crippen LogP contribution is 2.20. The van der Waals surface area contributed by atoms with Gasteiger partial charge in [0.25, 0.3) is 0 Å². The van der Waals surface area contributed by atoms with Crippen LogP contribution >= 0.6 is 0 Å². The summed E-state index contributed by atoms with van der Waals surface area (Å²) in [7, 11) is 0. The lowest BCUT2D eigenvalue weighted by Gasteiger charge is -2.13. The molecule has 3 aromatic carbocycles. The molecule has 5 N–H and O–H groups in total. The Morgan fingerprint density at radius 1 is 0.971 bits per heavy atom. The van der Waals surface area contributed by atoms with Crippen LogP contribution in [0.4, 0.5) is 5.69 Å².